The number of carbonyl (C=O) groups is 1. The summed E-state index contributed by atoms with van der Waals surface area (Å²) in [6.45, 7) is -0.206. The molecule has 3 N–H and O–H groups in total. The number of nitrogens with zero attached hydrogens (tertiary/aromatic N) is 1. The summed E-state index contributed by atoms with van der Waals surface area (Å²) in [6, 6.07) is 10.5. The van der Waals surface area contributed by atoms with Crippen molar-refractivity contribution in [3.63, 3.8) is 0 Å². The van der Waals surface area contributed by atoms with Crippen LogP contribution in [0.25, 0.3) is 0 Å². The Kier molecular flexibility index (Phi) is 8.83. The fourth-order valence-electron chi connectivity index (χ4n) is 3.71. The summed E-state index contributed by atoms with van der Waals surface area (Å²) >= 11 is 0. The molecule has 0 amide bonds. The zero-order chi connectivity index (χ0) is 19.3. The zero-order valence-electron chi connectivity index (χ0n) is 14.6. The second-order valence-corrected chi connectivity index (χ2v) is 7.57. The predicted octanol–water partition coefficient (Wildman–Crippen LogP) is 1.91. The third-order valence-electron chi connectivity index (χ3n) is 5.01. The first-order chi connectivity index (χ1) is 12.2. The molecule has 1 aromatic rings. The summed E-state index contributed by atoms with van der Waals surface area (Å²) in [5.74, 6) is -0.860. The molecule has 8 nitrogen and oxygen atoms in total. The van der Waals surface area contributed by atoms with Crippen LogP contribution >= 0.6 is 0 Å². The fraction of sp³-hybridized carbons (Fsp3) is 0.611. The molecule has 2 fully saturated rings. The number of fused-ring (bicyclic) bond motifs is 2. The summed E-state index contributed by atoms with van der Waals surface area (Å²) in [7, 11) is -2.50. The van der Waals surface area contributed by atoms with Gasteiger partial charge in [-0.15, -0.1) is 0 Å². The minimum absolute atomic E-state index is 0. The summed E-state index contributed by atoms with van der Waals surface area (Å²) in [4.78, 5) is 14.8. The average Bonchev–Trinajstić information content (AvgIpc) is 2.77. The summed E-state index contributed by atoms with van der Waals surface area (Å²) in [6.07, 6.45) is 4.26. The minimum atomic E-state index is -4.67. The maximum atomic E-state index is 12.4. The van der Waals surface area contributed by atoms with E-state index in [4.69, 9.17) is 22.3 Å². The van der Waals surface area contributed by atoms with Gasteiger partial charge in [0, 0.05) is 12.1 Å². The van der Waals surface area contributed by atoms with Crippen molar-refractivity contribution in [1.29, 1.82) is 0 Å². The molecule has 1 aromatic carbocycles. The molecule has 2 saturated heterocycles. The first-order valence-corrected chi connectivity index (χ1v) is 9.87. The van der Waals surface area contributed by atoms with E-state index in [2.05, 4.69) is 11.9 Å². The third-order valence-corrected chi connectivity index (χ3v) is 5.01. The Morgan fingerprint density at radius 3 is 2.11 bits per heavy atom. The molecular formula is C18H29NO7S. The predicted molar refractivity (Wildman–Crippen MR) is 101 cm³/mol. The van der Waals surface area contributed by atoms with E-state index in [-0.39, 0.29) is 26.1 Å². The molecule has 2 aliphatic rings. The normalized spacial score (nSPS) is 25.6. The van der Waals surface area contributed by atoms with Crippen LogP contribution in [0.4, 0.5) is 0 Å². The van der Waals surface area contributed by atoms with Crippen molar-refractivity contribution in [3.05, 3.63) is 35.9 Å². The van der Waals surface area contributed by atoms with Crippen molar-refractivity contribution in [2.24, 2.45) is 0 Å². The molecule has 0 aromatic heterocycles. The highest BCUT2D eigenvalue weighted by atomic mass is 32.3. The SMILES string of the molecule is C.CN1[C@@H]2CC[C@H]1CC(OC(=O)C(CO)c1ccccc1)C2.O=S(=O)(O)O. The van der Waals surface area contributed by atoms with Crippen LogP contribution in [0.1, 0.15) is 44.6 Å². The first kappa shape index (κ1) is 23.5. The van der Waals surface area contributed by atoms with E-state index in [0.717, 1.165) is 18.4 Å². The van der Waals surface area contributed by atoms with Crippen LogP contribution in [0.15, 0.2) is 30.3 Å². The van der Waals surface area contributed by atoms with Gasteiger partial charge in [-0.25, -0.2) is 0 Å². The molecule has 2 unspecified atom stereocenters. The molecule has 4 atom stereocenters. The maximum Gasteiger partial charge on any atom is 0.394 e. The zero-order valence-corrected chi connectivity index (χ0v) is 15.4. The lowest BCUT2D eigenvalue weighted by Gasteiger charge is -2.36. The maximum absolute atomic E-state index is 12.4. The number of ether oxygens (including phenoxy) is 1. The van der Waals surface area contributed by atoms with E-state index in [9.17, 15) is 9.90 Å². The average molecular weight is 403 g/mol. The van der Waals surface area contributed by atoms with Crippen molar-refractivity contribution in [3.8, 4) is 0 Å². The number of carbonyl (C=O) groups excluding carboxylic acids is 1. The lowest BCUT2D eigenvalue weighted by atomic mass is 9.98. The van der Waals surface area contributed by atoms with Crippen molar-refractivity contribution in [2.75, 3.05) is 13.7 Å². The number of rotatable bonds is 4. The van der Waals surface area contributed by atoms with Crippen LogP contribution in [-0.2, 0) is 19.9 Å². The number of aliphatic hydroxyl groups excluding tert-OH is 1. The van der Waals surface area contributed by atoms with Crippen LogP contribution in [0.2, 0.25) is 0 Å². The number of benzene rings is 1. The summed E-state index contributed by atoms with van der Waals surface area (Å²) < 4.78 is 37.3. The van der Waals surface area contributed by atoms with Gasteiger partial charge in [-0.05, 0) is 38.3 Å². The van der Waals surface area contributed by atoms with E-state index in [1.807, 2.05) is 30.3 Å². The smallest absolute Gasteiger partial charge is 0.394 e. The Morgan fingerprint density at radius 2 is 1.67 bits per heavy atom. The second kappa shape index (κ2) is 10.1. The van der Waals surface area contributed by atoms with Gasteiger partial charge >= 0.3 is 16.4 Å². The van der Waals surface area contributed by atoms with E-state index in [1.165, 1.54) is 12.8 Å². The molecule has 2 bridgehead atoms. The lowest BCUT2D eigenvalue weighted by molar-refractivity contribution is -0.155. The Balaban J connectivity index is 0.000000542. The molecule has 3 rings (SSSR count). The van der Waals surface area contributed by atoms with Crippen LogP contribution in [0.5, 0.6) is 0 Å². The first-order valence-electron chi connectivity index (χ1n) is 8.47. The molecule has 0 radical (unpaired) electrons. The number of aliphatic hydroxyl groups is 1. The van der Waals surface area contributed by atoms with Gasteiger partial charge in [-0.1, -0.05) is 37.8 Å². The van der Waals surface area contributed by atoms with Gasteiger partial charge in [0.2, 0.25) is 0 Å². The van der Waals surface area contributed by atoms with Gasteiger partial charge in [0.25, 0.3) is 0 Å². The molecule has 2 aliphatic heterocycles. The van der Waals surface area contributed by atoms with Crippen molar-refractivity contribution < 1.29 is 32.2 Å². The molecule has 0 saturated carbocycles. The van der Waals surface area contributed by atoms with Crippen molar-refractivity contribution >= 4 is 16.4 Å². The van der Waals surface area contributed by atoms with Crippen LogP contribution in [-0.4, -0.2) is 65.3 Å². The number of hydrogen-bond acceptors (Lipinski definition) is 6. The van der Waals surface area contributed by atoms with Gasteiger partial charge in [-0.3, -0.25) is 13.9 Å². The molecule has 0 aliphatic carbocycles. The van der Waals surface area contributed by atoms with Gasteiger partial charge in [0.1, 0.15) is 12.0 Å². The van der Waals surface area contributed by atoms with E-state index in [0.29, 0.717) is 12.1 Å². The molecule has 9 heteroatoms. The van der Waals surface area contributed by atoms with Gasteiger partial charge in [0.15, 0.2) is 0 Å². The van der Waals surface area contributed by atoms with Gasteiger partial charge in [-0.2, -0.15) is 8.42 Å². The summed E-state index contributed by atoms with van der Waals surface area (Å²) in [5.41, 5.74) is 0.820. The molecule has 2 heterocycles. The van der Waals surface area contributed by atoms with Crippen molar-refractivity contribution in [2.45, 2.75) is 57.2 Å². The van der Waals surface area contributed by atoms with Gasteiger partial charge in [0.05, 0.1) is 6.61 Å². The Labute approximate surface area is 160 Å². The number of esters is 1. The van der Waals surface area contributed by atoms with Gasteiger partial charge < -0.3 is 14.7 Å². The highest BCUT2D eigenvalue weighted by Gasteiger charge is 2.40. The molecule has 27 heavy (non-hydrogen) atoms. The van der Waals surface area contributed by atoms with Crippen LogP contribution in [0.3, 0.4) is 0 Å². The minimum Gasteiger partial charge on any atom is -0.462 e. The largest absolute Gasteiger partial charge is 0.462 e. The highest BCUT2D eigenvalue weighted by molar-refractivity contribution is 7.79. The standard InChI is InChI=1S/C17H23NO3.CH4.H2O4S/c1-18-13-7-8-14(18)10-15(9-13)21-17(20)16(11-19)12-5-3-2-4-6-12;;1-5(2,3)4/h2-6,13-16,19H,7-11H2,1H3;1H4;(H2,1,2,3,4)/t13-,14+,15?,16?;;. The Morgan fingerprint density at radius 1 is 1.19 bits per heavy atom. The van der Waals surface area contributed by atoms with Crippen LogP contribution < -0.4 is 0 Å². The van der Waals surface area contributed by atoms with Crippen LogP contribution in [0, 0.1) is 0 Å². The molecule has 154 valence electrons. The topological polar surface area (TPSA) is 124 Å². The highest BCUT2D eigenvalue weighted by Crippen LogP contribution is 2.36. The lowest BCUT2D eigenvalue weighted by Crippen LogP contribution is -2.43. The fourth-order valence-corrected chi connectivity index (χ4v) is 3.71. The summed E-state index contributed by atoms with van der Waals surface area (Å²) in [5, 5.41) is 9.53. The number of hydrogen-bond donors (Lipinski definition) is 3. The number of piperidine rings is 1. The monoisotopic (exact) mass is 403 g/mol. The van der Waals surface area contributed by atoms with E-state index < -0.39 is 16.3 Å². The second-order valence-electron chi connectivity index (χ2n) is 6.67. The van der Waals surface area contributed by atoms with E-state index in [1.54, 1.807) is 0 Å². The molecular weight excluding hydrogens is 374 g/mol. The Bertz CT molecular complexity index is 673. The molecule has 0 spiro atoms. The van der Waals surface area contributed by atoms with Crippen molar-refractivity contribution in [1.82, 2.24) is 4.90 Å². The van der Waals surface area contributed by atoms with E-state index >= 15 is 0 Å². The Hall–Kier alpha value is -1.52. The quantitative estimate of drug-likeness (QED) is 0.514. The third kappa shape index (κ3) is 7.19.